The molecular formula is C14H21Cl2N3. The van der Waals surface area contributed by atoms with E-state index in [0.29, 0.717) is 6.04 Å². The number of nitrogens with one attached hydrogen (secondary N) is 1. The first-order valence-electron chi connectivity index (χ1n) is 6.30. The summed E-state index contributed by atoms with van der Waals surface area (Å²) in [5, 5.41) is 12.2. The minimum absolute atomic E-state index is 0. The van der Waals surface area contributed by atoms with Crippen LogP contribution in [0.15, 0.2) is 24.3 Å². The lowest BCUT2D eigenvalue weighted by Gasteiger charge is -2.34. The molecule has 1 atom stereocenters. The van der Waals surface area contributed by atoms with E-state index in [4.69, 9.17) is 5.26 Å². The lowest BCUT2D eigenvalue weighted by Crippen LogP contribution is -2.45. The minimum atomic E-state index is 0. The van der Waals surface area contributed by atoms with E-state index in [1.54, 1.807) is 0 Å². The molecule has 1 aliphatic rings. The second kappa shape index (κ2) is 9.17. The van der Waals surface area contributed by atoms with E-state index in [1.807, 2.05) is 12.1 Å². The van der Waals surface area contributed by atoms with Gasteiger partial charge in [0.25, 0.3) is 0 Å². The Labute approximate surface area is 127 Å². The Morgan fingerprint density at radius 2 is 1.79 bits per heavy atom. The standard InChI is InChI=1S/C14H19N3.2ClH/c1-2-14(17-9-7-16-8-10-17)13-5-3-12(11-15)4-6-13;;/h3-6,14,16H,2,7-10H2,1H3;2*1H/t14-;;/m0../s1. The van der Waals surface area contributed by atoms with Crippen LogP contribution in [-0.4, -0.2) is 31.1 Å². The highest BCUT2D eigenvalue weighted by molar-refractivity contribution is 5.85. The summed E-state index contributed by atoms with van der Waals surface area (Å²) in [6.45, 7) is 6.60. The van der Waals surface area contributed by atoms with Gasteiger partial charge in [-0.3, -0.25) is 4.90 Å². The van der Waals surface area contributed by atoms with Crippen LogP contribution in [-0.2, 0) is 0 Å². The van der Waals surface area contributed by atoms with E-state index < -0.39 is 0 Å². The number of hydrogen-bond acceptors (Lipinski definition) is 3. The van der Waals surface area contributed by atoms with Crippen LogP contribution < -0.4 is 5.32 Å². The summed E-state index contributed by atoms with van der Waals surface area (Å²) in [7, 11) is 0. The first kappa shape index (κ1) is 18.2. The van der Waals surface area contributed by atoms with Crippen LogP contribution in [0.2, 0.25) is 0 Å². The summed E-state index contributed by atoms with van der Waals surface area (Å²) >= 11 is 0. The van der Waals surface area contributed by atoms with Crippen molar-refractivity contribution in [2.24, 2.45) is 0 Å². The van der Waals surface area contributed by atoms with Crippen molar-refractivity contribution in [3.8, 4) is 6.07 Å². The maximum atomic E-state index is 8.80. The third kappa shape index (κ3) is 4.67. The van der Waals surface area contributed by atoms with Gasteiger partial charge in [0.15, 0.2) is 0 Å². The molecule has 1 heterocycles. The Hall–Kier alpha value is -0.790. The van der Waals surface area contributed by atoms with E-state index in [0.717, 1.165) is 38.2 Å². The third-order valence-electron chi connectivity index (χ3n) is 3.40. The highest BCUT2D eigenvalue weighted by atomic mass is 35.5. The van der Waals surface area contributed by atoms with Crippen molar-refractivity contribution in [3.63, 3.8) is 0 Å². The van der Waals surface area contributed by atoms with E-state index >= 15 is 0 Å². The van der Waals surface area contributed by atoms with E-state index in [9.17, 15) is 0 Å². The molecular weight excluding hydrogens is 281 g/mol. The lowest BCUT2D eigenvalue weighted by atomic mass is 10.0. The Morgan fingerprint density at radius 3 is 2.26 bits per heavy atom. The van der Waals surface area contributed by atoms with Gasteiger partial charge in [0.1, 0.15) is 0 Å². The highest BCUT2D eigenvalue weighted by Crippen LogP contribution is 2.24. The quantitative estimate of drug-likeness (QED) is 0.933. The van der Waals surface area contributed by atoms with E-state index in [1.165, 1.54) is 5.56 Å². The molecule has 0 bridgehead atoms. The molecule has 0 radical (unpaired) electrons. The van der Waals surface area contributed by atoms with Crippen LogP contribution in [0, 0.1) is 11.3 Å². The van der Waals surface area contributed by atoms with Crippen LogP contribution >= 0.6 is 24.8 Å². The van der Waals surface area contributed by atoms with Crippen LogP contribution in [0.1, 0.15) is 30.5 Å². The van der Waals surface area contributed by atoms with Crippen molar-refractivity contribution in [2.45, 2.75) is 19.4 Å². The third-order valence-corrected chi connectivity index (χ3v) is 3.40. The van der Waals surface area contributed by atoms with E-state index in [2.05, 4.69) is 35.3 Å². The van der Waals surface area contributed by atoms with Gasteiger partial charge in [-0.1, -0.05) is 19.1 Å². The SMILES string of the molecule is CC[C@@H](c1ccc(C#N)cc1)N1CCNCC1.Cl.Cl. The number of nitrogens with zero attached hydrogens (tertiary/aromatic N) is 2. The second-order valence-electron chi connectivity index (χ2n) is 4.44. The van der Waals surface area contributed by atoms with Gasteiger partial charge < -0.3 is 5.32 Å². The van der Waals surface area contributed by atoms with Crippen molar-refractivity contribution in [2.75, 3.05) is 26.2 Å². The molecule has 2 rings (SSSR count). The fraction of sp³-hybridized carbons (Fsp3) is 0.500. The summed E-state index contributed by atoms with van der Waals surface area (Å²) < 4.78 is 0. The molecule has 1 saturated heterocycles. The first-order chi connectivity index (χ1) is 8.35. The van der Waals surface area contributed by atoms with Gasteiger partial charge in [0, 0.05) is 32.2 Å². The first-order valence-corrected chi connectivity index (χ1v) is 6.30. The molecule has 0 saturated carbocycles. The molecule has 3 nitrogen and oxygen atoms in total. The van der Waals surface area contributed by atoms with Gasteiger partial charge in [-0.05, 0) is 24.1 Å². The number of piperazine rings is 1. The van der Waals surface area contributed by atoms with Crippen molar-refractivity contribution < 1.29 is 0 Å². The summed E-state index contributed by atoms with van der Waals surface area (Å²) in [6, 6.07) is 10.7. The molecule has 0 aromatic heterocycles. The maximum Gasteiger partial charge on any atom is 0.0991 e. The highest BCUT2D eigenvalue weighted by Gasteiger charge is 2.20. The molecule has 19 heavy (non-hydrogen) atoms. The number of halogens is 2. The minimum Gasteiger partial charge on any atom is -0.314 e. The van der Waals surface area contributed by atoms with Gasteiger partial charge in [0.05, 0.1) is 11.6 Å². The van der Waals surface area contributed by atoms with Crippen molar-refractivity contribution in [3.05, 3.63) is 35.4 Å². The van der Waals surface area contributed by atoms with Crippen LogP contribution in [0.3, 0.4) is 0 Å². The van der Waals surface area contributed by atoms with Crippen molar-refractivity contribution >= 4 is 24.8 Å². The van der Waals surface area contributed by atoms with Crippen molar-refractivity contribution in [1.82, 2.24) is 10.2 Å². The van der Waals surface area contributed by atoms with Crippen LogP contribution in [0.25, 0.3) is 0 Å². The van der Waals surface area contributed by atoms with Gasteiger partial charge in [-0.15, -0.1) is 24.8 Å². The molecule has 1 aliphatic heterocycles. The average Bonchev–Trinajstić information content (AvgIpc) is 2.42. The van der Waals surface area contributed by atoms with Crippen LogP contribution in [0.4, 0.5) is 0 Å². The molecule has 5 heteroatoms. The van der Waals surface area contributed by atoms with Crippen LogP contribution in [0.5, 0.6) is 0 Å². The van der Waals surface area contributed by atoms with E-state index in [-0.39, 0.29) is 24.8 Å². The lowest BCUT2D eigenvalue weighted by molar-refractivity contribution is 0.169. The Kier molecular flexibility index (Phi) is 8.79. The zero-order chi connectivity index (χ0) is 12.1. The van der Waals surface area contributed by atoms with Crippen molar-refractivity contribution in [1.29, 1.82) is 5.26 Å². The Morgan fingerprint density at radius 1 is 1.21 bits per heavy atom. The molecule has 106 valence electrons. The monoisotopic (exact) mass is 301 g/mol. The van der Waals surface area contributed by atoms with Gasteiger partial charge in [-0.25, -0.2) is 0 Å². The summed E-state index contributed by atoms with van der Waals surface area (Å²) in [5.41, 5.74) is 2.07. The topological polar surface area (TPSA) is 39.1 Å². The Balaban J connectivity index is 0.00000162. The zero-order valence-electron chi connectivity index (χ0n) is 11.1. The predicted octanol–water partition coefficient (Wildman–Crippen LogP) is 2.76. The van der Waals surface area contributed by atoms with Gasteiger partial charge >= 0.3 is 0 Å². The number of nitriles is 1. The number of hydrogen-bond donors (Lipinski definition) is 1. The fourth-order valence-electron chi connectivity index (χ4n) is 2.48. The van der Waals surface area contributed by atoms with Gasteiger partial charge in [0.2, 0.25) is 0 Å². The zero-order valence-corrected chi connectivity index (χ0v) is 12.8. The van der Waals surface area contributed by atoms with Gasteiger partial charge in [-0.2, -0.15) is 5.26 Å². The molecule has 0 unspecified atom stereocenters. The average molecular weight is 302 g/mol. The molecule has 1 fully saturated rings. The Bertz CT molecular complexity index is 394. The summed E-state index contributed by atoms with van der Waals surface area (Å²) in [4.78, 5) is 2.53. The molecule has 1 aromatic carbocycles. The second-order valence-corrected chi connectivity index (χ2v) is 4.44. The normalized spacial score (nSPS) is 16.6. The number of rotatable bonds is 3. The predicted molar refractivity (Wildman–Crippen MR) is 83.1 cm³/mol. The smallest absolute Gasteiger partial charge is 0.0991 e. The molecule has 0 spiro atoms. The molecule has 1 aromatic rings. The number of benzene rings is 1. The summed E-state index contributed by atoms with van der Waals surface area (Å²) in [5.74, 6) is 0. The largest absolute Gasteiger partial charge is 0.314 e. The molecule has 1 N–H and O–H groups in total. The fourth-order valence-corrected chi connectivity index (χ4v) is 2.48. The summed E-state index contributed by atoms with van der Waals surface area (Å²) in [6.07, 6.45) is 1.12. The molecule has 0 amide bonds. The maximum absolute atomic E-state index is 8.80. The molecule has 0 aliphatic carbocycles.